The van der Waals surface area contributed by atoms with Crippen LogP contribution in [-0.2, 0) is 38.1 Å². The summed E-state index contributed by atoms with van der Waals surface area (Å²) in [6.45, 7) is 10.2. The standard InChI is InChI=1S/C28H44N4O10/c1-19(2)25(35)41-17-15-39-23(33)11-7-13-29-27(37)31-21-9-5-6-10-22(21)32-28(38)30-14-8-12-24(34)40-16-18-42-26(36)20(3)4/h21-22H,1,3,5-18H2,2,4H3,(H2,29,31,37)(H2,30,32,38)/t21-,22-/m1/s1. The van der Waals surface area contributed by atoms with Gasteiger partial charge in [0.15, 0.2) is 0 Å². The maximum atomic E-state index is 12.4. The molecule has 4 N–H and O–H groups in total. The molecule has 0 aromatic carbocycles. The van der Waals surface area contributed by atoms with E-state index in [0.29, 0.717) is 25.7 Å². The van der Waals surface area contributed by atoms with Crippen LogP contribution in [0.3, 0.4) is 0 Å². The van der Waals surface area contributed by atoms with E-state index in [2.05, 4.69) is 34.4 Å². The molecule has 1 aliphatic carbocycles. The fraction of sp³-hybridized carbons (Fsp3) is 0.643. The summed E-state index contributed by atoms with van der Waals surface area (Å²) in [5.41, 5.74) is 0.520. The van der Waals surface area contributed by atoms with Crippen molar-refractivity contribution in [3.05, 3.63) is 24.3 Å². The molecule has 0 bridgehead atoms. The van der Waals surface area contributed by atoms with Crippen LogP contribution >= 0.6 is 0 Å². The Morgan fingerprint density at radius 3 is 1.33 bits per heavy atom. The van der Waals surface area contributed by atoms with Crippen molar-refractivity contribution in [3.8, 4) is 0 Å². The van der Waals surface area contributed by atoms with Crippen LogP contribution in [0.2, 0.25) is 0 Å². The highest BCUT2D eigenvalue weighted by Crippen LogP contribution is 2.18. The molecule has 1 fully saturated rings. The topological polar surface area (TPSA) is 187 Å². The minimum Gasteiger partial charge on any atom is -0.462 e. The SMILES string of the molecule is C=C(C)C(=O)OCCOC(=O)CCCNC(=O)N[C@@H]1CCCC[C@H]1NC(=O)NCCCC(=O)OCCOC(=O)C(=C)C. The summed E-state index contributed by atoms with van der Waals surface area (Å²) in [4.78, 5) is 70.7. The van der Waals surface area contributed by atoms with Gasteiger partial charge in [-0.2, -0.15) is 0 Å². The van der Waals surface area contributed by atoms with E-state index in [4.69, 9.17) is 18.9 Å². The molecule has 0 saturated heterocycles. The predicted octanol–water partition coefficient (Wildman–Crippen LogP) is 1.78. The summed E-state index contributed by atoms with van der Waals surface area (Å²) in [5, 5.41) is 11.2. The van der Waals surface area contributed by atoms with Gasteiger partial charge in [0.25, 0.3) is 0 Å². The van der Waals surface area contributed by atoms with Gasteiger partial charge in [0.05, 0.1) is 12.1 Å². The molecule has 14 heteroatoms. The van der Waals surface area contributed by atoms with Gasteiger partial charge in [-0.15, -0.1) is 0 Å². The third kappa shape index (κ3) is 16.9. The minimum atomic E-state index is -0.550. The molecule has 0 aliphatic heterocycles. The first-order valence-electron chi connectivity index (χ1n) is 14.0. The van der Waals surface area contributed by atoms with Crippen molar-refractivity contribution in [1.82, 2.24) is 21.3 Å². The van der Waals surface area contributed by atoms with Crippen LogP contribution in [0.25, 0.3) is 0 Å². The van der Waals surface area contributed by atoms with Crippen molar-refractivity contribution in [2.75, 3.05) is 39.5 Å². The largest absolute Gasteiger partial charge is 0.462 e. The van der Waals surface area contributed by atoms with E-state index < -0.39 is 35.9 Å². The van der Waals surface area contributed by atoms with Gasteiger partial charge >= 0.3 is 35.9 Å². The Bertz CT molecular complexity index is 892. The highest BCUT2D eigenvalue weighted by atomic mass is 16.6. The Kier molecular flexibility index (Phi) is 17.7. The Morgan fingerprint density at radius 1 is 0.619 bits per heavy atom. The predicted molar refractivity (Wildman–Crippen MR) is 151 cm³/mol. The van der Waals surface area contributed by atoms with Crippen molar-refractivity contribution < 1.29 is 47.7 Å². The van der Waals surface area contributed by atoms with Crippen LogP contribution in [-0.4, -0.2) is 87.5 Å². The molecule has 2 atom stereocenters. The molecule has 42 heavy (non-hydrogen) atoms. The number of hydrogen-bond donors (Lipinski definition) is 4. The normalized spacial score (nSPS) is 15.8. The molecule has 236 valence electrons. The monoisotopic (exact) mass is 596 g/mol. The number of urea groups is 2. The zero-order valence-electron chi connectivity index (χ0n) is 24.6. The van der Waals surface area contributed by atoms with Crippen molar-refractivity contribution in [2.45, 2.75) is 77.3 Å². The van der Waals surface area contributed by atoms with Crippen molar-refractivity contribution in [1.29, 1.82) is 0 Å². The van der Waals surface area contributed by atoms with Crippen LogP contribution in [0.1, 0.15) is 65.2 Å². The number of amides is 4. The lowest BCUT2D eigenvalue weighted by molar-refractivity contribution is -0.150. The van der Waals surface area contributed by atoms with Gasteiger partial charge in [-0.25, -0.2) is 19.2 Å². The first kappa shape index (κ1) is 35.9. The van der Waals surface area contributed by atoms with E-state index in [0.717, 1.165) is 12.8 Å². The lowest BCUT2D eigenvalue weighted by atomic mass is 9.90. The summed E-state index contributed by atoms with van der Waals surface area (Å²) in [7, 11) is 0. The second-order valence-electron chi connectivity index (χ2n) is 9.78. The molecule has 0 unspecified atom stereocenters. The highest BCUT2D eigenvalue weighted by Gasteiger charge is 2.27. The number of carbonyl (C=O) groups excluding carboxylic acids is 6. The Labute approximate surface area is 246 Å². The molecule has 1 rings (SSSR count). The summed E-state index contributed by atoms with van der Waals surface area (Å²) in [5.74, 6) is -2.04. The second-order valence-corrected chi connectivity index (χ2v) is 9.78. The van der Waals surface area contributed by atoms with Gasteiger partial charge in [0.1, 0.15) is 26.4 Å². The number of carbonyl (C=O) groups is 6. The van der Waals surface area contributed by atoms with Crippen molar-refractivity contribution in [3.63, 3.8) is 0 Å². The molecule has 0 spiro atoms. The molecule has 1 saturated carbocycles. The molecule has 4 amide bonds. The average molecular weight is 597 g/mol. The van der Waals surface area contributed by atoms with Gasteiger partial charge in [-0.3, -0.25) is 9.59 Å². The van der Waals surface area contributed by atoms with Crippen LogP contribution in [0.4, 0.5) is 9.59 Å². The first-order chi connectivity index (χ1) is 20.0. The van der Waals surface area contributed by atoms with Crippen LogP contribution < -0.4 is 21.3 Å². The number of ether oxygens (including phenoxy) is 4. The summed E-state index contributed by atoms with van der Waals surface area (Å²) < 4.78 is 19.6. The molecule has 0 heterocycles. The zero-order chi connectivity index (χ0) is 31.3. The summed E-state index contributed by atoms with van der Waals surface area (Å²) >= 11 is 0. The summed E-state index contributed by atoms with van der Waals surface area (Å²) in [6, 6.07) is -1.32. The highest BCUT2D eigenvalue weighted by molar-refractivity contribution is 5.87. The van der Waals surface area contributed by atoms with Gasteiger partial charge < -0.3 is 40.2 Å². The Balaban J connectivity index is 2.19. The smallest absolute Gasteiger partial charge is 0.333 e. The number of rotatable bonds is 18. The van der Waals surface area contributed by atoms with E-state index in [9.17, 15) is 28.8 Å². The van der Waals surface area contributed by atoms with Crippen LogP contribution in [0, 0.1) is 0 Å². The fourth-order valence-corrected chi connectivity index (χ4v) is 3.75. The van der Waals surface area contributed by atoms with E-state index in [1.54, 1.807) is 0 Å². The second kappa shape index (κ2) is 20.7. The quantitative estimate of drug-likeness (QED) is 0.0786. The Morgan fingerprint density at radius 2 is 0.976 bits per heavy atom. The van der Waals surface area contributed by atoms with Gasteiger partial charge in [0.2, 0.25) is 0 Å². The molecule has 0 aromatic heterocycles. The molecule has 1 aliphatic rings. The van der Waals surface area contributed by atoms with E-state index in [1.807, 2.05) is 0 Å². The molecular formula is C28H44N4O10. The number of hydrogen-bond acceptors (Lipinski definition) is 10. The van der Waals surface area contributed by atoms with E-state index in [-0.39, 0.29) is 75.6 Å². The van der Waals surface area contributed by atoms with Crippen molar-refractivity contribution in [2.24, 2.45) is 0 Å². The van der Waals surface area contributed by atoms with Gasteiger partial charge in [-0.05, 0) is 39.5 Å². The Hall–Kier alpha value is -4.10. The first-order valence-corrected chi connectivity index (χ1v) is 14.0. The average Bonchev–Trinajstić information content (AvgIpc) is 2.94. The van der Waals surface area contributed by atoms with E-state index in [1.165, 1.54) is 13.8 Å². The zero-order valence-corrected chi connectivity index (χ0v) is 24.6. The van der Waals surface area contributed by atoms with Gasteiger partial charge in [-0.1, -0.05) is 26.0 Å². The lowest BCUT2D eigenvalue weighted by Gasteiger charge is -2.32. The minimum absolute atomic E-state index is 0.0564. The van der Waals surface area contributed by atoms with Crippen molar-refractivity contribution >= 4 is 35.9 Å². The lowest BCUT2D eigenvalue weighted by Crippen LogP contribution is -2.56. The third-order valence-corrected chi connectivity index (χ3v) is 5.94. The molecule has 0 radical (unpaired) electrons. The van der Waals surface area contributed by atoms with Gasteiger partial charge in [0, 0.05) is 37.1 Å². The summed E-state index contributed by atoms with van der Waals surface area (Å²) in [6.07, 6.45) is 4.13. The molecule has 14 nitrogen and oxygen atoms in total. The third-order valence-electron chi connectivity index (χ3n) is 5.94. The number of nitrogens with one attached hydrogen (secondary N) is 4. The molecular weight excluding hydrogens is 552 g/mol. The fourth-order valence-electron chi connectivity index (χ4n) is 3.75. The van der Waals surface area contributed by atoms with Crippen LogP contribution in [0.15, 0.2) is 24.3 Å². The number of esters is 4. The van der Waals surface area contributed by atoms with E-state index >= 15 is 0 Å². The maximum absolute atomic E-state index is 12.4. The van der Waals surface area contributed by atoms with Crippen LogP contribution in [0.5, 0.6) is 0 Å². The maximum Gasteiger partial charge on any atom is 0.333 e. The molecule has 0 aromatic rings.